The number of rotatable bonds is 1. The normalized spacial score (nSPS) is 15.9. The van der Waals surface area contributed by atoms with Crippen molar-refractivity contribution < 1.29 is 4.79 Å². The number of carbonyl (C=O) groups is 1. The molecule has 0 atom stereocenters. The summed E-state index contributed by atoms with van der Waals surface area (Å²) in [5, 5.41) is 8.80. The highest BCUT2D eigenvalue weighted by Crippen LogP contribution is 2.21. The summed E-state index contributed by atoms with van der Waals surface area (Å²) in [5.41, 5.74) is 1.48. The van der Waals surface area contributed by atoms with Crippen LogP contribution in [0.5, 0.6) is 0 Å². The first-order valence-corrected chi connectivity index (χ1v) is 6.96. The SMILES string of the molecule is CC(C)(C)C(=O)N1CCN(c2ccc(C#N)cc2)CC1. The number of hydrogen-bond acceptors (Lipinski definition) is 3. The zero-order chi connectivity index (χ0) is 14.8. The number of amides is 1. The van der Waals surface area contributed by atoms with Crippen LogP contribution < -0.4 is 4.90 Å². The number of carbonyl (C=O) groups excluding carboxylic acids is 1. The molecule has 0 aromatic heterocycles. The minimum Gasteiger partial charge on any atom is -0.368 e. The highest BCUT2D eigenvalue weighted by molar-refractivity contribution is 5.81. The Hall–Kier alpha value is -2.02. The second-order valence-electron chi connectivity index (χ2n) is 6.19. The van der Waals surface area contributed by atoms with Crippen LogP contribution in [0, 0.1) is 16.7 Å². The third kappa shape index (κ3) is 3.11. The van der Waals surface area contributed by atoms with E-state index >= 15 is 0 Å². The first-order chi connectivity index (χ1) is 9.41. The van der Waals surface area contributed by atoms with Crippen LogP contribution in [0.4, 0.5) is 5.69 Å². The van der Waals surface area contributed by atoms with Crippen molar-refractivity contribution in [2.24, 2.45) is 5.41 Å². The molecule has 1 amide bonds. The van der Waals surface area contributed by atoms with Crippen LogP contribution in [-0.4, -0.2) is 37.0 Å². The van der Waals surface area contributed by atoms with E-state index < -0.39 is 0 Å². The molecule has 1 aromatic rings. The summed E-state index contributed by atoms with van der Waals surface area (Å²) in [6.45, 7) is 9.08. The summed E-state index contributed by atoms with van der Waals surface area (Å²) < 4.78 is 0. The van der Waals surface area contributed by atoms with E-state index in [1.165, 1.54) is 0 Å². The maximum Gasteiger partial charge on any atom is 0.228 e. The molecule has 0 unspecified atom stereocenters. The number of hydrogen-bond donors (Lipinski definition) is 0. The smallest absolute Gasteiger partial charge is 0.228 e. The van der Waals surface area contributed by atoms with E-state index in [-0.39, 0.29) is 11.3 Å². The van der Waals surface area contributed by atoms with E-state index in [2.05, 4.69) is 11.0 Å². The standard InChI is InChI=1S/C16H21N3O/c1-16(2,3)15(20)19-10-8-18(9-11-19)14-6-4-13(12-17)5-7-14/h4-7H,8-11H2,1-3H3. The molecule has 1 fully saturated rings. The molecule has 0 saturated carbocycles. The first kappa shape index (κ1) is 14.4. The summed E-state index contributed by atoms with van der Waals surface area (Å²) in [6, 6.07) is 9.74. The molecular weight excluding hydrogens is 250 g/mol. The van der Waals surface area contributed by atoms with Gasteiger partial charge >= 0.3 is 0 Å². The fourth-order valence-corrected chi connectivity index (χ4v) is 2.39. The number of benzene rings is 1. The first-order valence-electron chi connectivity index (χ1n) is 6.96. The van der Waals surface area contributed by atoms with E-state index in [1.54, 1.807) is 0 Å². The number of anilines is 1. The third-order valence-electron chi connectivity index (χ3n) is 3.57. The molecule has 1 aromatic carbocycles. The van der Waals surface area contributed by atoms with Crippen LogP contribution in [0.3, 0.4) is 0 Å². The quantitative estimate of drug-likeness (QED) is 0.787. The highest BCUT2D eigenvalue weighted by atomic mass is 16.2. The molecule has 0 spiro atoms. The minimum atomic E-state index is -0.309. The van der Waals surface area contributed by atoms with Crippen LogP contribution in [0.15, 0.2) is 24.3 Å². The summed E-state index contributed by atoms with van der Waals surface area (Å²) in [4.78, 5) is 16.4. The van der Waals surface area contributed by atoms with Gasteiger partial charge in [-0.05, 0) is 24.3 Å². The van der Waals surface area contributed by atoms with E-state index in [0.29, 0.717) is 5.56 Å². The second-order valence-corrected chi connectivity index (χ2v) is 6.19. The second kappa shape index (κ2) is 5.54. The van der Waals surface area contributed by atoms with Gasteiger partial charge in [0, 0.05) is 37.3 Å². The zero-order valence-corrected chi connectivity index (χ0v) is 12.4. The van der Waals surface area contributed by atoms with Crippen molar-refractivity contribution in [1.29, 1.82) is 5.26 Å². The van der Waals surface area contributed by atoms with Gasteiger partial charge in [0.2, 0.25) is 5.91 Å². The Morgan fingerprint density at radius 2 is 1.65 bits per heavy atom. The predicted octanol–water partition coefficient (Wildman–Crippen LogP) is 2.25. The van der Waals surface area contributed by atoms with Crippen molar-refractivity contribution in [3.05, 3.63) is 29.8 Å². The van der Waals surface area contributed by atoms with Crippen LogP contribution in [0.25, 0.3) is 0 Å². The number of nitrogens with zero attached hydrogens (tertiary/aromatic N) is 3. The van der Waals surface area contributed by atoms with Gasteiger partial charge in [0.25, 0.3) is 0 Å². The molecular formula is C16H21N3O. The van der Waals surface area contributed by atoms with E-state index in [0.717, 1.165) is 31.9 Å². The largest absolute Gasteiger partial charge is 0.368 e. The van der Waals surface area contributed by atoms with Crippen molar-refractivity contribution in [3.63, 3.8) is 0 Å². The van der Waals surface area contributed by atoms with Gasteiger partial charge in [0.05, 0.1) is 11.6 Å². The van der Waals surface area contributed by atoms with Crippen LogP contribution in [0.2, 0.25) is 0 Å². The van der Waals surface area contributed by atoms with Crippen molar-refractivity contribution in [3.8, 4) is 6.07 Å². The van der Waals surface area contributed by atoms with Crippen molar-refractivity contribution in [2.45, 2.75) is 20.8 Å². The van der Waals surface area contributed by atoms with Gasteiger partial charge in [-0.2, -0.15) is 5.26 Å². The van der Waals surface area contributed by atoms with Gasteiger partial charge < -0.3 is 9.80 Å². The average molecular weight is 271 g/mol. The summed E-state index contributed by atoms with van der Waals surface area (Å²) in [7, 11) is 0. The van der Waals surface area contributed by atoms with Gasteiger partial charge in [-0.15, -0.1) is 0 Å². The maximum atomic E-state index is 12.2. The zero-order valence-electron chi connectivity index (χ0n) is 12.4. The molecule has 1 aliphatic rings. The molecule has 1 heterocycles. The third-order valence-corrected chi connectivity index (χ3v) is 3.57. The lowest BCUT2D eigenvalue weighted by molar-refractivity contribution is -0.139. The molecule has 0 radical (unpaired) electrons. The molecule has 1 saturated heterocycles. The monoisotopic (exact) mass is 271 g/mol. The topological polar surface area (TPSA) is 47.3 Å². The minimum absolute atomic E-state index is 0.219. The molecule has 20 heavy (non-hydrogen) atoms. The predicted molar refractivity (Wildman–Crippen MR) is 79.4 cm³/mol. The van der Waals surface area contributed by atoms with Crippen molar-refractivity contribution in [1.82, 2.24) is 4.90 Å². The molecule has 0 aliphatic carbocycles. The molecule has 1 aliphatic heterocycles. The molecule has 2 rings (SSSR count). The molecule has 0 N–H and O–H groups in total. The number of nitriles is 1. The summed E-state index contributed by atoms with van der Waals surface area (Å²) in [5.74, 6) is 0.219. The molecule has 0 bridgehead atoms. The fraction of sp³-hybridized carbons (Fsp3) is 0.500. The fourth-order valence-electron chi connectivity index (χ4n) is 2.39. The van der Waals surface area contributed by atoms with E-state index in [1.807, 2.05) is 49.9 Å². The molecule has 4 heteroatoms. The molecule has 4 nitrogen and oxygen atoms in total. The number of piperazine rings is 1. The van der Waals surface area contributed by atoms with E-state index in [4.69, 9.17) is 5.26 Å². The van der Waals surface area contributed by atoms with Crippen LogP contribution in [-0.2, 0) is 4.79 Å². The summed E-state index contributed by atoms with van der Waals surface area (Å²) in [6.07, 6.45) is 0. The van der Waals surface area contributed by atoms with Gasteiger partial charge in [-0.1, -0.05) is 20.8 Å². The molecule has 106 valence electrons. The van der Waals surface area contributed by atoms with Gasteiger partial charge in [-0.25, -0.2) is 0 Å². The Kier molecular flexibility index (Phi) is 3.99. The van der Waals surface area contributed by atoms with Gasteiger partial charge in [0.15, 0.2) is 0 Å². The highest BCUT2D eigenvalue weighted by Gasteiger charge is 2.29. The Balaban J connectivity index is 1.97. The lowest BCUT2D eigenvalue weighted by Gasteiger charge is -2.38. The lowest BCUT2D eigenvalue weighted by atomic mass is 9.94. The Morgan fingerprint density at radius 3 is 2.10 bits per heavy atom. The Morgan fingerprint density at radius 1 is 1.10 bits per heavy atom. The van der Waals surface area contributed by atoms with Crippen LogP contribution in [0.1, 0.15) is 26.3 Å². The average Bonchev–Trinajstić information content (AvgIpc) is 2.46. The van der Waals surface area contributed by atoms with Gasteiger partial charge in [0.1, 0.15) is 0 Å². The summed E-state index contributed by atoms with van der Waals surface area (Å²) >= 11 is 0. The van der Waals surface area contributed by atoms with Crippen molar-refractivity contribution >= 4 is 11.6 Å². The Bertz CT molecular complexity index is 514. The van der Waals surface area contributed by atoms with E-state index in [9.17, 15) is 4.79 Å². The van der Waals surface area contributed by atoms with Gasteiger partial charge in [-0.3, -0.25) is 4.79 Å². The van der Waals surface area contributed by atoms with Crippen molar-refractivity contribution in [2.75, 3.05) is 31.1 Å². The maximum absolute atomic E-state index is 12.2. The Labute approximate surface area is 120 Å². The lowest BCUT2D eigenvalue weighted by Crippen LogP contribution is -2.51. The van der Waals surface area contributed by atoms with Crippen LogP contribution >= 0.6 is 0 Å².